The molecule has 7 heteroatoms. The second-order valence-electron chi connectivity index (χ2n) is 7.74. The van der Waals surface area contributed by atoms with Gasteiger partial charge in [0, 0.05) is 6.42 Å². The van der Waals surface area contributed by atoms with Gasteiger partial charge in [-0.15, -0.1) is 0 Å². The molecule has 0 saturated carbocycles. The van der Waals surface area contributed by atoms with E-state index in [1.54, 1.807) is 0 Å². The lowest BCUT2D eigenvalue weighted by molar-refractivity contribution is -0.718. The Hall–Kier alpha value is -2.31. The van der Waals surface area contributed by atoms with Crippen molar-refractivity contribution in [2.45, 2.75) is 96.4 Å². The molecule has 0 amide bonds. The van der Waals surface area contributed by atoms with Gasteiger partial charge in [0.1, 0.15) is 5.97 Å². The highest BCUT2D eigenvalue weighted by atomic mass is 19.1. The monoisotopic (exact) mass is 422 g/mol. The number of aromatic nitrogens is 1. The molecule has 0 radical (unpaired) electrons. The van der Waals surface area contributed by atoms with Crippen LogP contribution in [0, 0.1) is 15.9 Å². The Kier molecular flexibility index (Phi) is 13.3. The Morgan fingerprint density at radius 2 is 1.63 bits per heavy atom. The summed E-state index contributed by atoms with van der Waals surface area (Å²) in [5, 5.41) is 22.1. The average Bonchev–Trinajstić information content (AvgIpc) is 2.70. The number of rotatable bonds is 17. The molecule has 1 atom stereocenters. The van der Waals surface area contributed by atoms with E-state index in [1.165, 1.54) is 44.7 Å². The minimum Gasteiger partial charge on any atom is -0.543 e. The quantitative estimate of drug-likeness (QED) is 0.117. The summed E-state index contributed by atoms with van der Waals surface area (Å²) >= 11 is 0. The minimum atomic E-state index is -1.31. The largest absolute Gasteiger partial charge is 0.543 e. The standard InChI is InChI=1S/C23H35FN2O4/c1-2-3-4-5-6-7-8-9-10-11-12-13-14-15-16-22(23(27)28)25-18-17-21(26(29)30)20(24)19-25/h9-10,17-19,22H,2-8,11-16H2,1H3/b10-9-. The van der Waals surface area contributed by atoms with Crippen LogP contribution >= 0.6 is 0 Å². The molecule has 0 fully saturated rings. The van der Waals surface area contributed by atoms with Crippen molar-refractivity contribution in [1.82, 2.24) is 0 Å². The first-order chi connectivity index (χ1) is 14.5. The van der Waals surface area contributed by atoms with E-state index in [1.807, 2.05) is 0 Å². The Balaban J connectivity index is 2.21. The van der Waals surface area contributed by atoms with Crippen molar-refractivity contribution in [3.05, 3.63) is 46.5 Å². The molecule has 0 aliphatic carbocycles. The fourth-order valence-electron chi connectivity index (χ4n) is 3.44. The highest BCUT2D eigenvalue weighted by Crippen LogP contribution is 2.16. The molecule has 1 aromatic heterocycles. The number of carbonyl (C=O) groups is 1. The molecule has 0 aliphatic rings. The third-order valence-electron chi connectivity index (χ3n) is 5.23. The van der Waals surface area contributed by atoms with E-state index in [9.17, 15) is 24.4 Å². The molecule has 0 saturated heterocycles. The van der Waals surface area contributed by atoms with E-state index in [0.717, 1.165) is 48.9 Å². The number of carboxylic acids is 1. The van der Waals surface area contributed by atoms with Crippen molar-refractivity contribution in [3.63, 3.8) is 0 Å². The molecule has 168 valence electrons. The summed E-state index contributed by atoms with van der Waals surface area (Å²) in [5.41, 5.74) is -0.673. The fraction of sp³-hybridized carbons (Fsp3) is 0.652. The van der Waals surface area contributed by atoms with Gasteiger partial charge in [-0.3, -0.25) is 10.1 Å². The van der Waals surface area contributed by atoms with E-state index in [2.05, 4.69) is 19.1 Å². The lowest BCUT2D eigenvalue weighted by Gasteiger charge is -2.13. The lowest BCUT2D eigenvalue weighted by atomic mass is 10.1. The third-order valence-corrected chi connectivity index (χ3v) is 5.23. The number of halogens is 1. The van der Waals surface area contributed by atoms with Gasteiger partial charge in [0.25, 0.3) is 5.82 Å². The van der Waals surface area contributed by atoms with Crippen LogP contribution < -0.4 is 9.67 Å². The van der Waals surface area contributed by atoms with Gasteiger partial charge in [-0.25, -0.2) is 0 Å². The molecule has 1 heterocycles. The summed E-state index contributed by atoms with van der Waals surface area (Å²) < 4.78 is 14.9. The molecule has 0 aliphatic heterocycles. The second-order valence-corrected chi connectivity index (χ2v) is 7.74. The average molecular weight is 423 g/mol. The van der Waals surface area contributed by atoms with Crippen LogP contribution in [-0.2, 0) is 4.79 Å². The summed E-state index contributed by atoms with van der Waals surface area (Å²) in [4.78, 5) is 21.2. The van der Waals surface area contributed by atoms with E-state index in [-0.39, 0.29) is 0 Å². The van der Waals surface area contributed by atoms with Crippen molar-refractivity contribution >= 4 is 11.7 Å². The van der Waals surface area contributed by atoms with Gasteiger partial charge >= 0.3 is 5.69 Å². The van der Waals surface area contributed by atoms with Gasteiger partial charge in [-0.1, -0.05) is 64.0 Å². The number of carbonyl (C=O) groups excluding carboxylic acids is 1. The zero-order valence-electron chi connectivity index (χ0n) is 18.1. The van der Waals surface area contributed by atoms with Crippen LogP contribution in [0.1, 0.15) is 96.4 Å². The van der Waals surface area contributed by atoms with Gasteiger partial charge in [-0.05, 0) is 32.1 Å². The van der Waals surface area contributed by atoms with Gasteiger partial charge in [0.15, 0.2) is 12.2 Å². The number of nitro groups is 1. The van der Waals surface area contributed by atoms with E-state index in [4.69, 9.17) is 0 Å². The number of nitrogens with zero attached hydrogens (tertiary/aromatic N) is 2. The summed E-state index contributed by atoms with van der Waals surface area (Å²) in [7, 11) is 0. The lowest BCUT2D eigenvalue weighted by Crippen LogP contribution is -2.49. The van der Waals surface area contributed by atoms with Crippen molar-refractivity contribution in [3.8, 4) is 0 Å². The van der Waals surface area contributed by atoms with Crippen LogP contribution in [0.15, 0.2) is 30.6 Å². The zero-order valence-corrected chi connectivity index (χ0v) is 18.1. The van der Waals surface area contributed by atoms with E-state index in [0.29, 0.717) is 12.8 Å². The Bertz CT molecular complexity index is 679. The summed E-state index contributed by atoms with van der Waals surface area (Å²) in [5.74, 6) is -2.37. The van der Waals surface area contributed by atoms with Crippen LogP contribution in [0.3, 0.4) is 0 Å². The Labute approximate surface area is 179 Å². The third kappa shape index (κ3) is 10.5. The highest BCUT2D eigenvalue weighted by Gasteiger charge is 2.24. The molecule has 6 nitrogen and oxygen atoms in total. The number of hydrogen-bond acceptors (Lipinski definition) is 4. The zero-order chi connectivity index (χ0) is 22.2. The molecule has 30 heavy (non-hydrogen) atoms. The first-order valence-electron chi connectivity index (χ1n) is 11.2. The first-order valence-corrected chi connectivity index (χ1v) is 11.2. The number of pyridine rings is 1. The normalized spacial score (nSPS) is 12.3. The minimum absolute atomic E-state index is 0.304. The maximum atomic E-state index is 13.8. The molecule has 0 N–H and O–H groups in total. The predicted octanol–water partition coefficient (Wildman–Crippen LogP) is 4.96. The van der Waals surface area contributed by atoms with Gasteiger partial charge < -0.3 is 9.90 Å². The van der Waals surface area contributed by atoms with Crippen molar-refractivity contribution < 1.29 is 23.8 Å². The number of carboxylic acid groups (broad SMARTS) is 1. The van der Waals surface area contributed by atoms with E-state index >= 15 is 0 Å². The number of hydrogen-bond donors (Lipinski definition) is 0. The SMILES string of the molecule is CCCCCCCC/C=C\CCCCCCC(C(=O)[O-])[n+]1ccc([N+](=O)[O-])c(F)c1. The molecule has 0 bridgehead atoms. The van der Waals surface area contributed by atoms with Crippen LogP contribution in [0.2, 0.25) is 0 Å². The van der Waals surface area contributed by atoms with Crippen molar-refractivity contribution in [2.24, 2.45) is 0 Å². The van der Waals surface area contributed by atoms with E-state index < -0.39 is 28.4 Å². The predicted molar refractivity (Wildman–Crippen MR) is 112 cm³/mol. The first kappa shape index (κ1) is 25.7. The van der Waals surface area contributed by atoms with Crippen LogP contribution in [0.4, 0.5) is 10.1 Å². The van der Waals surface area contributed by atoms with Gasteiger partial charge in [-0.2, -0.15) is 8.96 Å². The van der Waals surface area contributed by atoms with Crippen LogP contribution in [0.25, 0.3) is 0 Å². The Morgan fingerprint density at radius 1 is 1.07 bits per heavy atom. The summed E-state index contributed by atoms with van der Waals surface area (Å²) in [6.07, 6.45) is 20.5. The smallest absolute Gasteiger partial charge is 0.317 e. The molecular weight excluding hydrogens is 387 g/mol. The Morgan fingerprint density at radius 3 is 2.17 bits per heavy atom. The highest BCUT2D eigenvalue weighted by molar-refractivity contribution is 5.67. The molecule has 1 unspecified atom stereocenters. The fourth-order valence-corrected chi connectivity index (χ4v) is 3.44. The number of allylic oxidation sites excluding steroid dienone is 2. The number of unbranched alkanes of at least 4 members (excludes halogenated alkanes) is 10. The second kappa shape index (κ2) is 15.5. The molecule has 1 aromatic rings. The van der Waals surface area contributed by atoms with Gasteiger partial charge in [0.2, 0.25) is 6.20 Å². The van der Waals surface area contributed by atoms with Crippen molar-refractivity contribution in [2.75, 3.05) is 0 Å². The molecule has 1 rings (SSSR count). The molecule has 0 spiro atoms. The topological polar surface area (TPSA) is 87.2 Å². The van der Waals surface area contributed by atoms with Crippen LogP contribution in [0.5, 0.6) is 0 Å². The summed E-state index contributed by atoms with van der Waals surface area (Å²) in [6, 6.07) is -0.0551. The molecular formula is C23H35FN2O4. The van der Waals surface area contributed by atoms with Crippen LogP contribution in [-0.4, -0.2) is 10.9 Å². The van der Waals surface area contributed by atoms with Gasteiger partial charge in [0.05, 0.1) is 11.0 Å². The number of aliphatic carboxylic acids is 1. The maximum absolute atomic E-state index is 13.8. The van der Waals surface area contributed by atoms with Crippen molar-refractivity contribution in [1.29, 1.82) is 0 Å². The maximum Gasteiger partial charge on any atom is 0.317 e. The molecule has 0 aromatic carbocycles. The summed E-state index contributed by atoms with van der Waals surface area (Å²) in [6.45, 7) is 2.23.